The van der Waals surface area contributed by atoms with Crippen molar-refractivity contribution in [3.63, 3.8) is 0 Å². The van der Waals surface area contributed by atoms with Gasteiger partial charge in [-0.05, 0) is 229 Å². The molecule has 0 saturated carbocycles. The first-order valence-corrected chi connectivity index (χ1v) is 44.7. The van der Waals surface area contributed by atoms with Gasteiger partial charge in [-0.15, -0.1) is 22.7 Å². The van der Waals surface area contributed by atoms with Crippen molar-refractivity contribution in [3.05, 3.63) is 473 Å². The van der Waals surface area contributed by atoms with Crippen molar-refractivity contribution in [2.75, 3.05) is 9.80 Å². The predicted octanol–water partition coefficient (Wildman–Crippen LogP) is 34.6. The summed E-state index contributed by atoms with van der Waals surface area (Å²) in [5.41, 5.74) is 33.9. The Morgan fingerprint density at radius 3 is 1.08 bits per heavy atom. The number of hydrogen-bond donors (Lipinski definition) is 0. The molecule has 0 spiro atoms. The standard InChI is InChI=1S/C120H78N4S2/c1-4-32-79(33-5-1)81-36-28-37-82(70-81)83-38-29-43-89(71-83)121(88-41-8-3-9-42-88)111-58-22-16-52-100(111)98-50-14-12-48-96(98)87-65-68-116-108(75-87)103-55-19-25-61-114(103)124(116)93-77-106(120-110(78-93)105-57-21-27-63-118(105)126-120)85-40-31-45-91(73-85)122(90-44-30-39-84(72-90)95-47-11-10-46-94(95)80-34-6-2-7-35-80)112-59-23-17-53-101(112)99-51-15-13-49-97(99)86-64-67-115-107(74-86)102-54-18-24-60-113(102)123(115)92-66-69-119-109(76-92)104-56-20-26-62-117(104)125-119/h1-78H. The van der Waals surface area contributed by atoms with Crippen molar-refractivity contribution in [2.45, 2.75) is 0 Å². The quantitative estimate of drug-likeness (QED) is 0.0903. The fourth-order valence-electron chi connectivity index (χ4n) is 19.6. The molecule has 0 fully saturated rings. The van der Waals surface area contributed by atoms with Crippen LogP contribution in [-0.2, 0) is 0 Å². The highest BCUT2D eigenvalue weighted by Crippen LogP contribution is 2.52. The Morgan fingerprint density at radius 1 is 0.159 bits per heavy atom. The highest BCUT2D eigenvalue weighted by molar-refractivity contribution is 7.26. The summed E-state index contributed by atoms with van der Waals surface area (Å²) in [6, 6.07) is 175. The van der Waals surface area contributed by atoms with Gasteiger partial charge in [0.1, 0.15) is 0 Å². The van der Waals surface area contributed by atoms with E-state index in [-0.39, 0.29) is 0 Å². The van der Waals surface area contributed by atoms with E-state index in [2.05, 4.69) is 492 Å². The van der Waals surface area contributed by atoms with Gasteiger partial charge < -0.3 is 18.9 Å². The SMILES string of the molecule is c1ccc(-c2cccc(-c3cccc(N(c4ccccc4)c4ccccc4-c4ccccc4-c4ccc5c(c4)c4ccccc4n5-c4cc(-c5cccc(N(c6cccc(-c7ccccc7-c7ccccc7)c6)c6ccccc6-c6ccccc6-c6ccc7c(c6)c6ccccc6n7-c6ccc7sc8ccccc8c7c6)c5)c5sc6ccccc6c5c4)c3)c2)cc1. The van der Waals surface area contributed by atoms with Gasteiger partial charge in [0.05, 0.1) is 33.4 Å². The van der Waals surface area contributed by atoms with Gasteiger partial charge in [0.25, 0.3) is 0 Å². The van der Waals surface area contributed by atoms with Gasteiger partial charge in [-0.1, -0.05) is 328 Å². The summed E-state index contributed by atoms with van der Waals surface area (Å²) in [5, 5.41) is 9.82. The normalized spacial score (nSPS) is 11.7. The molecule has 4 nitrogen and oxygen atoms in total. The molecule has 590 valence electrons. The van der Waals surface area contributed by atoms with Gasteiger partial charge in [-0.3, -0.25) is 0 Å². The summed E-state index contributed by atoms with van der Waals surface area (Å²) in [6.45, 7) is 0. The molecule has 6 heteroatoms. The Hall–Kier alpha value is -16.0. The summed E-state index contributed by atoms with van der Waals surface area (Å²) in [4.78, 5) is 4.93. The van der Waals surface area contributed by atoms with Crippen LogP contribution in [0.2, 0.25) is 0 Å². The van der Waals surface area contributed by atoms with Crippen LogP contribution in [0.3, 0.4) is 0 Å². The fraction of sp³-hybridized carbons (Fsp3) is 0. The Balaban J connectivity index is 0.641. The van der Waals surface area contributed by atoms with Crippen molar-refractivity contribution in [2.24, 2.45) is 0 Å². The van der Waals surface area contributed by atoms with E-state index in [0.29, 0.717) is 0 Å². The van der Waals surface area contributed by atoms with Crippen LogP contribution >= 0.6 is 22.7 Å². The topological polar surface area (TPSA) is 16.3 Å². The molecule has 0 saturated heterocycles. The first-order chi connectivity index (χ1) is 62.5. The number of fused-ring (bicyclic) bond motifs is 12. The van der Waals surface area contributed by atoms with Gasteiger partial charge >= 0.3 is 0 Å². The first-order valence-electron chi connectivity index (χ1n) is 43.1. The second-order valence-corrected chi connectivity index (χ2v) is 34.7. The van der Waals surface area contributed by atoms with E-state index < -0.39 is 0 Å². The zero-order valence-electron chi connectivity index (χ0n) is 68.6. The number of nitrogens with zero attached hydrogens (tertiary/aromatic N) is 4. The third-order valence-electron chi connectivity index (χ3n) is 25.3. The van der Waals surface area contributed by atoms with E-state index in [9.17, 15) is 0 Å². The molecular formula is C120H78N4S2. The minimum Gasteiger partial charge on any atom is -0.310 e. The number of anilines is 6. The summed E-state index contributed by atoms with van der Waals surface area (Å²) in [7, 11) is 0. The second kappa shape index (κ2) is 31.2. The second-order valence-electron chi connectivity index (χ2n) is 32.6. The number of hydrogen-bond acceptors (Lipinski definition) is 4. The molecule has 24 rings (SSSR count). The molecule has 0 aliphatic carbocycles. The Morgan fingerprint density at radius 2 is 0.508 bits per heavy atom. The predicted molar refractivity (Wildman–Crippen MR) is 539 cm³/mol. The average molecular weight is 1640 g/mol. The first kappa shape index (κ1) is 73.9. The van der Waals surface area contributed by atoms with Crippen molar-refractivity contribution >= 4 is 141 Å². The van der Waals surface area contributed by atoms with Gasteiger partial charge in [0.15, 0.2) is 0 Å². The third-order valence-corrected chi connectivity index (χ3v) is 27.7. The lowest BCUT2D eigenvalue weighted by Crippen LogP contribution is -2.11. The van der Waals surface area contributed by atoms with E-state index in [1.54, 1.807) is 0 Å². The summed E-state index contributed by atoms with van der Waals surface area (Å²) >= 11 is 3.73. The molecule has 0 atom stereocenters. The van der Waals surface area contributed by atoms with E-state index in [0.717, 1.165) is 134 Å². The minimum absolute atomic E-state index is 1.03. The van der Waals surface area contributed by atoms with Gasteiger partial charge in [-0.2, -0.15) is 0 Å². The number of rotatable bonds is 17. The van der Waals surface area contributed by atoms with Crippen LogP contribution in [0.5, 0.6) is 0 Å². The van der Waals surface area contributed by atoms with E-state index >= 15 is 0 Å². The fourth-order valence-corrected chi connectivity index (χ4v) is 21.9. The van der Waals surface area contributed by atoms with Crippen molar-refractivity contribution in [1.29, 1.82) is 0 Å². The van der Waals surface area contributed by atoms with E-state index in [4.69, 9.17) is 0 Å². The van der Waals surface area contributed by atoms with Gasteiger partial charge in [0.2, 0.25) is 0 Å². The Kier molecular flexibility index (Phi) is 18.3. The van der Waals surface area contributed by atoms with Crippen LogP contribution in [0.25, 0.3) is 195 Å². The van der Waals surface area contributed by atoms with Crippen LogP contribution in [0.1, 0.15) is 0 Å². The highest BCUT2D eigenvalue weighted by atomic mass is 32.1. The zero-order valence-corrected chi connectivity index (χ0v) is 70.3. The number of aromatic nitrogens is 2. The number of para-hydroxylation sites is 5. The smallest absolute Gasteiger partial charge is 0.0541 e. The van der Waals surface area contributed by atoms with Crippen LogP contribution < -0.4 is 9.80 Å². The molecular weight excluding hydrogens is 1560 g/mol. The molecule has 20 aromatic carbocycles. The van der Waals surface area contributed by atoms with E-state index in [1.807, 2.05) is 22.7 Å². The lowest BCUT2D eigenvalue weighted by molar-refractivity contribution is 1.19. The molecule has 0 unspecified atom stereocenters. The maximum atomic E-state index is 2.51. The minimum atomic E-state index is 1.03. The molecule has 0 bridgehead atoms. The molecule has 0 aliphatic rings. The van der Waals surface area contributed by atoms with Crippen molar-refractivity contribution < 1.29 is 0 Å². The Labute approximate surface area is 738 Å². The number of benzene rings is 20. The van der Waals surface area contributed by atoms with Gasteiger partial charge in [-0.25, -0.2) is 0 Å². The number of thiophene rings is 2. The van der Waals surface area contributed by atoms with E-state index in [1.165, 1.54) is 95.2 Å². The molecule has 0 N–H and O–H groups in total. The highest BCUT2D eigenvalue weighted by Gasteiger charge is 2.27. The third kappa shape index (κ3) is 12.9. The molecule has 0 aliphatic heterocycles. The van der Waals surface area contributed by atoms with Gasteiger partial charge in [0, 0.05) is 113 Å². The van der Waals surface area contributed by atoms with Crippen molar-refractivity contribution in [1.82, 2.24) is 9.13 Å². The maximum absolute atomic E-state index is 2.51. The Bertz CT molecular complexity index is 8380. The lowest BCUT2D eigenvalue weighted by atomic mass is 9.92. The largest absolute Gasteiger partial charge is 0.310 e. The molecule has 126 heavy (non-hydrogen) atoms. The summed E-state index contributed by atoms with van der Waals surface area (Å²) in [6.07, 6.45) is 0. The lowest BCUT2D eigenvalue weighted by Gasteiger charge is -2.29. The average Bonchev–Trinajstić information content (AvgIpc) is 1.54. The molecule has 0 amide bonds. The van der Waals surface area contributed by atoms with Crippen LogP contribution in [0, 0.1) is 0 Å². The molecule has 24 aromatic rings. The monoisotopic (exact) mass is 1640 g/mol. The van der Waals surface area contributed by atoms with Crippen LogP contribution in [0.4, 0.5) is 34.1 Å². The maximum Gasteiger partial charge on any atom is 0.0541 e. The molecule has 0 radical (unpaired) electrons. The van der Waals surface area contributed by atoms with Crippen LogP contribution in [0.15, 0.2) is 473 Å². The molecule has 4 aromatic heterocycles. The summed E-state index contributed by atoms with van der Waals surface area (Å²) in [5.74, 6) is 0. The van der Waals surface area contributed by atoms with Crippen molar-refractivity contribution in [3.8, 4) is 112 Å². The zero-order chi connectivity index (χ0) is 83.1. The van der Waals surface area contributed by atoms with Crippen LogP contribution in [-0.4, -0.2) is 9.13 Å². The summed E-state index contributed by atoms with van der Waals surface area (Å²) < 4.78 is 10.1. The molecule has 4 heterocycles.